The Morgan fingerprint density at radius 2 is 2.00 bits per heavy atom. The van der Waals surface area contributed by atoms with E-state index >= 15 is 0 Å². The lowest BCUT2D eigenvalue weighted by atomic mass is 9.74. The molecule has 1 N–H and O–H groups in total. The van der Waals surface area contributed by atoms with E-state index < -0.39 is 17.9 Å². The fraction of sp³-hybridized carbons (Fsp3) is 0.800. The Hall–Kier alpha value is -1.48. The number of nitrogens with zero attached hydrogens (tertiary/aromatic N) is 3. The van der Waals surface area contributed by atoms with Gasteiger partial charge in [-0.1, -0.05) is 0 Å². The molecule has 2 saturated carbocycles. The standard InChI is InChI=1S/C20H27F2N3O/c21-15-4-1-13(2-5-15)8-20(26)9-18(25-12-24-11-19(20)25)16-6-3-14(10-23)7-17(16)22/h11-18,26H,1-9H2. The molecular formula is C20H27F2N3O. The van der Waals surface area contributed by atoms with Gasteiger partial charge in [0.05, 0.1) is 24.3 Å². The Balaban J connectivity index is 1.51. The van der Waals surface area contributed by atoms with Gasteiger partial charge in [0, 0.05) is 24.3 Å². The molecule has 0 amide bonds. The number of hydrogen-bond donors (Lipinski definition) is 1. The van der Waals surface area contributed by atoms with Crippen molar-refractivity contribution in [2.75, 3.05) is 0 Å². The summed E-state index contributed by atoms with van der Waals surface area (Å²) in [5, 5.41) is 20.5. The average Bonchev–Trinajstić information content (AvgIpc) is 3.21. The molecule has 4 nitrogen and oxygen atoms in total. The highest BCUT2D eigenvalue weighted by atomic mass is 19.1. The number of aromatic nitrogens is 2. The van der Waals surface area contributed by atoms with Crippen molar-refractivity contribution in [3.8, 4) is 6.07 Å². The van der Waals surface area contributed by atoms with Crippen molar-refractivity contribution >= 4 is 0 Å². The van der Waals surface area contributed by atoms with Gasteiger partial charge in [-0.15, -0.1) is 0 Å². The van der Waals surface area contributed by atoms with Crippen molar-refractivity contribution < 1.29 is 13.9 Å². The third-order valence-corrected chi connectivity index (χ3v) is 6.95. The van der Waals surface area contributed by atoms with Crippen LogP contribution in [0.3, 0.4) is 0 Å². The highest BCUT2D eigenvalue weighted by Gasteiger charge is 2.49. The number of alkyl halides is 2. The molecule has 4 rings (SSSR count). The second kappa shape index (κ2) is 6.92. The molecule has 5 atom stereocenters. The van der Waals surface area contributed by atoms with Crippen LogP contribution in [0, 0.1) is 29.1 Å². The topological polar surface area (TPSA) is 61.8 Å². The maximum absolute atomic E-state index is 14.8. The van der Waals surface area contributed by atoms with Gasteiger partial charge in [0.15, 0.2) is 0 Å². The number of imidazole rings is 1. The van der Waals surface area contributed by atoms with E-state index in [1.165, 1.54) is 0 Å². The first-order valence-electron chi connectivity index (χ1n) is 9.92. The maximum Gasteiger partial charge on any atom is 0.108 e. The van der Waals surface area contributed by atoms with Crippen LogP contribution in [0.4, 0.5) is 8.78 Å². The van der Waals surface area contributed by atoms with Gasteiger partial charge in [-0.05, 0) is 57.3 Å². The Kier molecular flexibility index (Phi) is 4.77. The Bertz CT molecular complexity index is 679. The third-order valence-electron chi connectivity index (χ3n) is 6.95. The van der Waals surface area contributed by atoms with Crippen LogP contribution in [0.1, 0.15) is 69.5 Å². The molecule has 0 aromatic carbocycles. The maximum atomic E-state index is 14.8. The molecule has 3 aliphatic rings. The first-order valence-corrected chi connectivity index (χ1v) is 9.92. The van der Waals surface area contributed by atoms with Gasteiger partial charge in [0.1, 0.15) is 17.9 Å². The fourth-order valence-corrected chi connectivity index (χ4v) is 5.52. The molecule has 5 unspecified atom stereocenters. The molecular weight excluding hydrogens is 336 g/mol. The summed E-state index contributed by atoms with van der Waals surface area (Å²) < 4.78 is 30.2. The highest BCUT2D eigenvalue weighted by molar-refractivity contribution is 5.19. The van der Waals surface area contributed by atoms with Crippen LogP contribution in [0.5, 0.6) is 0 Å². The monoisotopic (exact) mass is 363 g/mol. The predicted molar refractivity (Wildman–Crippen MR) is 92.6 cm³/mol. The van der Waals surface area contributed by atoms with Gasteiger partial charge >= 0.3 is 0 Å². The smallest absolute Gasteiger partial charge is 0.108 e. The normalized spacial score (nSPS) is 43.0. The minimum absolute atomic E-state index is 0.107. The summed E-state index contributed by atoms with van der Waals surface area (Å²) in [4.78, 5) is 4.21. The van der Waals surface area contributed by atoms with Gasteiger partial charge in [-0.25, -0.2) is 13.8 Å². The van der Waals surface area contributed by atoms with Crippen LogP contribution in [0.2, 0.25) is 0 Å². The molecule has 142 valence electrons. The zero-order valence-electron chi connectivity index (χ0n) is 15.0. The largest absolute Gasteiger partial charge is 0.383 e. The van der Waals surface area contributed by atoms with E-state index in [1.54, 1.807) is 12.5 Å². The van der Waals surface area contributed by atoms with Crippen LogP contribution in [0.25, 0.3) is 0 Å². The van der Waals surface area contributed by atoms with Gasteiger partial charge in [-0.3, -0.25) is 0 Å². The summed E-state index contributed by atoms with van der Waals surface area (Å²) in [6.45, 7) is 0. The lowest BCUT2D eigenvalue weighted by Gasteiger charge is -2.35. The van der Waals surface area contributed by atoms with Gasteiger partial charge < -0.3 is 9.67 Å². The summed E-state index contributed by atoms with van der Waals surface area (Å²) in [7, 11) is 0. The van der Waals surface area contributed by atoms with E-state index in [2.05, 4.69) is 11.1 Å². The van der Waals surface area contributed by atoms with Crippen LogP contribution >= 0.6 is 0 Å². The van der Waals surface area contributed by atoms with E-state index in [1.807, 2.05) is 4.57 Å². The first-order chi connectivity index (χ1) is 12.5. The van der Waals surface area contributed by atoms with Gasteiger partial charge in [-0.2, -0.15) is 5.26 Å². The Labute approximate surface area is 153 Å². The molecule has 2 aliphatic carbocycles. The summed E-state index contributed by atoms with van der Waals surface area (Å²) in [6, 6.07) is 2.09. The van der Waals surface area contributed by atoms with Crippen molar-refractivity contribution in [2.45, 2.75) is 81.8 Å². The third kappa shape index (κ3) is 3.15. The molecule has 0 saturated heterocycles. The zero-order chi connectivity index (χ0) is 18.3. The molecule has 0 bridgehead atoms. The van der Waals surface area contributed by atoms with Gasteiger partial charge in [0.2, 0.25) is 0 Å². The molecule has 26 heavy (non-hydrogen) atoms. The van der Waals surface area contributed by atoms with Crippen LogP contribution < -0.4 is 0 Å². The molecule has 2 fully saturated rings. The predicted octanol–water partition coefficient (Wildman–Crippen LogP) is 4.21. The highest BCUT2D eigenvalue weighted by Crippen LogP contribution is 2.51. The molecule has 1 aromatic heterocycles. The molecule has 6 heteroatoms. The second-order valence-corrected chi connectivity index (χ2v) is 8.63. The van der Waals surface area contributed by atoms with Crippen molar-refractivity contribution in [1.29, 1.82) is 5.26 Å². The van der Waals surface area contributed by atoms with E-state index in [0.717, 1.165) is 25.0 Å². The van der Waals surface area contributed by atoms with Crippen molar-refractivity contribution in [3.63, 3.8) is 0 Å². The number of fused-ring (bicyclic) bond motifs is 1. The second-order valence-electron chi connectivity index (χ2n) is 8.63. The SMILES string of the molecule is N#CC1CCC(C2CC(O)(CC3CCC(F)CC3)c3cncn32)C(F)C1. The molecule has 2 heterocycles. The number of rotatable bonds is 3. The zero-order valence-corrected chi connectivity index (χ0v) is 15.0. The number of hydrogen-bond acceptors (Lipinski definition) is 3. The number of aliphatic hydroxyl groups is 1. The van der Waals surface area contributed by atoms with Crippen molar-refractivity contribution in [1.82, 2.24) is 9.55 Å². The van der Waals surface area contributed by atoms with E-state index in [-0.39, 0.29) is 17.9 Å². The molecule has 0 spiro atoms. The van der Waals surface area contributed by atoms with E-state index in [4.69, 9.17) is 5.26 Å². The van der Waals surface area contributed by atoms with E-state index in [0.29, 0.717) is 44.4 Å². The summed E-state index contributed by atoms with van der Waals surface area (Å²) in [5.74, 6) is -0.0626. The summed E-state index contributed by atoms with van der Waals surface area (Å²) in [6.07, 6.45) is 7.25. The lowest BCUT2D eigenvalue weighted by molar-refractivity contribution is -0.0107. The summed E-state index contributed by atoms with van der Waals surface area (Å²) >= 11 is 0. The van der Waals surface area contributed by atoms with Gasteiger partial charge in [0.25, 0.3) is 0 Å². The van der Waals surface area contributed by atoms with Crippen LogP contribution in [0.15, 0.2) is 12.5 Å². The molecule has 1 aromatic rings. The van der Waals surface area contributed by atoms with Crippen LogP contribution in [-0.4, -0.2) is 27.0 Å². The Morgan fingerprint density at radius 3 is 2.69 bits per heavy atom. The lowest BCUT2D eigenvalue weighted by Crippen LogP contribution is -2.33. The first kappa shape index (κ1) is 17.9. The van der Waals surface area contributed by atoms with Crippen LogP contribution in [-0.2, 0) is 5.60 Å². The quantitative estimate of drug-likeness (QED) is 0.875. The van der Waals surface area contributed by atoms with Crippen molar-refractivity contribution in [2.24, 2.45) is 17.8 Å². The minimum Gasteiger partial charge on any atom is -0.383 e. The number of nitriles is 1. The van der Waals surface area contributed by atoms with Crippen molar-refractivity contribution in [3.05, 3.63) is 18.2 Å². The average molecular weight is 363 g/mol. The Morgan fingerprint density at radius 1 is 1.23 bits per heavy atom. The molecule has 1 aliphatic heterocycles. The van der Waals surface area contributed by atoms with E-state index in [9.17, 15) is 13.9 Å². The number of halogens is 2. The minimum atomic E-state index is -1.02. The summed E-state index contributed by atoms with van der Waals surface area (Å²) in [5.41, 5.74) is -0.222. The molecule has 0 radical (unpaired) electrons. The fourth-order valence-electron chi connectivity index (χ4n) is 5.52.